The highest BCUT2D eigenvalue weighted by Gasteiger charge is 2.18. The van der Waals surface area contributed by atoms with Crippen LogP contribution in [0.5, 0.6) is 0 Å². The van der Waals surface area contributed by atoms with Crippen molar-refractivity contribution >= 4 is 28.9 Å². The monoisotopic (exact) mass is 329 g/mol. The molecule has 2 rings (SSSR count). The van der Waals surface area contributed by atoms with Crippen molar-refractivity contribution in [3.05, 3.63) is 63.1 Å². The minimum absolute atomic E-state index is 0.132. The van der Waals surface area contributed by atoms with Gasteiger partial charge in [0.2, 0.25) is 0 Å². The Morgan fingerprint density at radius 1 is 1.14 bits per heavy atom. The summed E-state index contributed by atoms with van der Waals surface area (Å²) in [6.45, 7) is 3.50. The Morgan fingerprint density at radius 3 is 2.48 bits per heavy atom. The maximum Gasteiger partial charge on any atom is 0.152 e. The fraction of sp³-hybridized carbons (Fsp3) is 0.250. The second-order valence-electron chi connectivity index (χ2n) is 4.82. The molecule has 0 aliphatic heterocycles. The van der Waals surface area contributed by atoms with Gasteiger partial charge in [-0.2, -0.15) is 0 Å². The van der Waals surface area contributed by atoms with Crippen molar-refractivity contribution in [1.29, 1.82) is 0 Å². The second kappa shape index (κ2) is 6.63. The van der Waals surface area contributed by atoms with Gasteiger partial charge in [-0.15, -0.1) is 0 Å². The number of rotatable bonds is 4. The molecule has 2 aromatic carbocycles. The molecule has 1 atom stereocenters. The minimum Gasteiger partial charge on any atom is -0.373 e. The Hall–Kier alpha value is -1.32. The van der Waals surface area contributed by atoms with Crippen LogP contribution in [0.25, 0.3) is 0 Å². The van der Waals surface area contributed by atoms with E-state index in [0.717, 1.165) is 5.56 Å². The van der Waals surface area contributed by atoms with Gasteiger partial charge in [0, 0.05) is 10.0 Å². The molecule has 0 saturated heterocycles. The molecule has 0 spiro atoms. The Bertz CT molecular complexity index is 659. The highest BCUT2D eigenvalue weighted by molar-refractivity contribution is 6.35. The zero-order chi connectivity index (χ0) is 15.6. The lowest BCUT2D eigenvalue weighted by Gasteiger charge is -2.21. The number of hydrogen-bond acceptors (Lipinski definition) is 1. The number of nitrogens with one attached hydrogen (secondary N) is 1. The van der Waals surface area contributed by atoms with Gasteiger partial charge in [-0.25, -0.2) is 8.78 Å². The van der Waals surface area contributed by atoms with Gasteiger partial charge < -0.3 is 5.32 Å². The van der Waals surface area contributed by atoms with E-state index < -0.39 is 11.6 Å². The summed E-state index contributed by atoms with van der Waals surface area (Å²) < 4.78 is 27.9. The van der Waals surface area contributed by atoms with Crippen LogP contribution in [0.3, 0.4) is 0 Å². The molecule has 0 fully saturated rings. The average Bonchev–Trinajstić information content (AvgIpc) is 2.44. The molecule has 0 aliphatic rings. The highest BCUT2D eigenvalue weighted by Crippen LogP contribution is 2.32. The summed E-state index contributed by atoms with van der Waals surface area (Å²) in [6, 6.07) is 7.43. The fourth-order valence-corrected chi connectivity index (χ4v) is 2.69. The van der Waals surface area contributed by atoms with Crippen LogP contribution >= 0.6 is 23.2 Å². The summed E-state index contributed by atoms with van der Waals surface area (Å²) in [5.41, 5.74) is 1.01. The molecule has 0 heterocycles. The lowest BCUT2D eigenvalue weighted by Crippen LogP contribution is -2.13. The Morgan fingerprint density at radius 2 is 1.86 bits per heavy atom. The first kappa shape index (κ1) is 16.1. The van der Waals surface area contributed by atoms with Gasteiger partial charge >= 0.3 is 0 Å². The SMILES string of the molecule is CCC(Nc1c(F)ccc(C)c1F)c1ccc(Cl)cc1Cl. The van der Waals surface area contributed by atoms with Crippen LogP contribution in [0.4, 0.5) is 14.5 Å². The van der Waals surface area contributed by atoms with E-state index in [1.165, 1.54) is 12.1 Å². The van der Waals surface area contributed by atoms with Gasteiger partial charge in [0.1, 0.15) is 11.5 Å². The number of anilines is 1. The molecule has 1 unspecified atom stereocenters. The molecular formula is C16H15Cl2F2N. The molecule has 1 N–H and O–H groups in total. The van der Waals surface area contributed by atoms with Crippen LogP contribution in [0.15, 0.2) is 30.3 Å². The molecule has 0 aliphatic carbocycles. The van der Waals surface area contributed by atoms with Gasteiger partial charge in [-0.3, -0.25) is 0 Å². The van der Waals surface area contributed by atoms with E-state index >= 15 is 0 Å². The smallest absolute Gasteiger partial charge is 0.152 e. The largest absolute Gasteiger partial charge is 0.373 e. The van der Waals surface area contributed by atoms with Crippen LogP contribution in [0, 0.1) is 18.6 Å². The maximum atomic E-state index is 14.1. The zero-order valence-corrected chi connectivity index (χ0v) is 13.2. The Balaban J connectivity index is 2.38. The number of aryl methyl sites for hydroxylation is 1. The highest BCUT2D eigenvalue weighted by atomic mass is 35.5. The standard InChI is InChI=1S/C16H15Cl2F2N/c1-3-14(11-6-5-10(17)8-12(11)18)21-16-13(19)7-4-9(2)15(16)20/h4-8,14,21H,3H2,1-2H3. The molecule has 1 nitrogen and oxygen atoms in total. The van der Waals surface area contributed by atoms with E-state index in [2.05, 4.69) is 5.32 Å². The third-order valence-electron chi connectivity index (χ3n) is 3.35. The van der Waals surface area contributed by atoms with Gasteiger partial charge in [-0.1, -0.05) is 42.3 Å². The predicted molar refractivity (Wildman–Crippen MR) is 84.2 cm³/mol. The Kier molecular flexibility index (Phi) is 5.07. The van der Waals surface area contributed by atoms with E-state index in [0.29, 0.717) is 22.0 Å². The van der Waals surface area contributed by atoms with Crippen LogP contribution < -0.4 is 5.32 Å². The molecule has 112 valence electrons. The summed E-state index contributed by atoms with van der Waals surface area (Å²) in [5, 5.41) is 3.89. The van der Waals surface area contributed by atoms with Crippen LogP contribution in [-0.2, 0) is 0 Å². The van der Waals surface area contributed by atoms with Crippen molar-refractivity contribution in [2.75, 3.05) is 5.32 Å². The van der Waals surface area contributed by atoms with Crippen molar-refractivity contribution in [2.45, 2.75) is 26.3 Å². The summed E-state index contributed by atoms with van der Waals surface area (Å²) in [4.78, 5) is 0. The van der Waals surface area contributed by atoms with Crippen molar-refractivity contribution in [1.82, 2.24) is 0 Å². The molecule has 0 aromatic heterocycles. The zero-order valence-electron chi connectivity index (χ0n) is 11.7. The van der Waals surface area contributed by atoms with E-state index in [9.17, 15) is 8.78 Å². The molecule has 5 heteroatoms. The summed E-state index contributed by atoms with van der Waals surface area (Å²) >= 11 is 12.0. The number of hydrogen-bond donors (Lipinski definition) is 1. The summed E-state index contributed by atoms with van der Waals surface area (Å²) in [5.74, 6) is -1.21. The minimum atomic E-state index is -0.623. The molecule has 0 radical (unpaired) electrons. The van der Waals surface area contributed by atoms with E-state index in [4.69, 9.17) is 23.2 Å². The first-order valence-electron chi connectivity index (χ1n) is 6.60. The molecule has 0 saturated carbocycles. The van der Waals surface area contributed by atoms with Crippen molar-refractivity contribution < 1.29 is 8.78 Å². The second-order valence-corrected chi connectivity index (χ2v) is 5.67. The van der Waals surface area contributed by atoms with Crippen molar-refractivity contribution in [2.24, 2.45) is 0 Å². The molecular weight excluding hydrogens is 315 g/mol. The lowest BCUT2D eigenvalue weighted by molar-refractivity contribution is 0.575. The van der Waals surface area contributed by atoms with Crippen molar-refractivity contribution in [3.8, 4) is 0 Å². The molecule has 2 aromatic rings. The average molecular weight is 330 g/mol. The van der Waals surface area contributed by atoms with Crippen LogP contribution in [-0.4, -0.2) is 0 Å². The van der Waals surface area contributed by atoms with Gasteiger partial charge in [0.25, 0.3) is 0 Å². The Labute approximate surface area is 132 Å². The third kappa shape index (κ3) is 3.47. The van der Waals surface area contributed by atoms with Crippen LogP contribution in [0.1, 0.15) is 30.5 Å². The molecule has 0 amide bonds. The number of halogens is 4. The van der Waals surface area contributed by atoms with Crippen molar-refractivity contribution in [3.63, 3.8) is 0 Å². The van der Waals surface area contributed by atoms with E-state index in [-0.39, 0.29) is 11.7 Å². The van der Waals surface area contributed by atoms with E-state index in [1.54, 1.807) is 25.1 Å². The lowest BCUT2D eigenvalue weighted by atomic mass is 10.0. The van der Waals surface area contributed by atoms with Gasteiger partial charge in [-0.05, 0) is 42.7 Å². The third-order valence-corrected chi connectivity index (χ3v) is 3.91. The molecule has 0 bridgehead atoms. The predicted octanol–water partition coefficient (Wildman–Crippen LogP) is 6.14. The van der Waals surface area contributed by atoms with E-state index in [1.807, 2.05) is 6.92 Å². The normalized spacial score (nSPS) is 12.3. The number of benzene rings is 2. The van der Waals surface area contributed by atoms with Crippen LogP contribution in [0.2, 0.25) is 10.0 Å². The van der Waals surface area contributed by atoms with Gasteiger partial charge in [0.15, 0.2) is 5.82 Å². The van der Waals surface area contributed by atoms with Gasteiger partial charge in [0.05, 0.1) is 6.04 Å². The molecule has 21 heavy (non-hydrogen) atoms. The first-order valence-corrected chi connectivity index (χ1v) is 7.35. The summed E-state index contributed by atoms with van der Waals surface area (Å²) in [7, 11) is 0. The topological polar surface area (TPSA) is 12.0 Å². The first-order chi connectivity index (χ1) is 9.93. The quantitative estimate of drug-likeness (QED) is 0.709. The maximum absolute atomic E-state index is 14.1. The fourth-order valence-electron chi connectivity index (χ4n) is 2.15. The summed E-state index contributed by atoms with van der Waals surface area (Å²) in [6.07, 6.45) is 0.619.